The van der Waals surface area contributed by atoms with Crippen LogP contribution in [0.3, 0.4) is 0 Å². The van der Waals surface area contributed by atoms with E-state index in [1.165, 1.54) is 0 Å². The SMILES string of the molecule is COc1ccccc1CC(=O)NCCc1ccc(OC)c(OC)c1. The van der Waals surface area contributed by atoms with Gasteiger partial charge in [0.2, 0.25) is 5.91 Å². The summed E-state index contributed by atoms with van der Waals surface area (Å²) in [7, 11) is 4.82. The first-order valence-corrected chi connectivity index (χ1v) is 7.77. The summed E-state index contributed by atoms with van der Waals surface area (Å²) in [5.74, 6) is 2.09. The summed E-state index contributed by atoms with van der Waals surface area (Å²) in [6.07, 6.45) is 1.02. The van der Waals surface area contributed by atoms with Crippen LogP contribution in [-0.4, -0.2) is 33.8 Å². The van der Waals surface area contributed by atoms with Crippen LogP contribution in [0.5, 0.6) is 17.2 Å². The van der Waals surface area contributed by atoms with Gasteiger partial charge in [0.15, 0.2) is 11.5 Å². The molecule has 0 aliphatic rings. The second-order valence-corrected chi connectivity index (χ2v) is 5.28. The Morgan fingerprint density at radius 2 is 1.62 bits per heavy atom. The number of para-hydroxylation sites is 1. The zero-order chi connectivity index (χ0) is 17.4. The van der Waals surface area contributed by atoms with Crippen LogP contribution in [-0.2, 0) is 17.6 Å². The lowest BCUT2D eigenvalue weighted by molar-refractivity contribution is -0.120. The lowest BCUT2D eigenvalue weighted by Gasteiger charge is -2.11. The number of ether oxygens (including phenoxy) is 3. The molecule has 0 unspecified atom stereocenters. The molecule has 24 heavy (non-hydrogen) atoms. The Balaban J connectivity index is 1.86. The molecule has 2 aromatic rings. The monoisotopic (exact) mass is 329 g/mol. The second kappa shape index (κ2) is 8.82. The molecule has 1 N–H and O–H groups in total. The van der Waals surface area contributed by atoms with Crippen molar-refractivity contribution >= 4 is 5.91 Å². The van der Waals surface area contributed by atoms with Gasteiger partial charge in [-0.3, -0.25) is 4.79 Å². The van der Waals surface area contributed by atoms with Crippen LogP contribution in [0.1, 0.15) is 11.1 Å². The minimum atomic E-state index is -0.0278. The van der Waals surface area contributed by atoms with E-state index in [0.717, 1.165) is 23.3 Å². The number of carbonyl (C=O) groups is 1. The number of hydrogen-bond donors (Lipinski definition) is 1. The molecule has 0 heterocycles. The van der Waals surface area contributed by atoms with Crippen LogP contribution in [0.25, 0.3) is 0 Å². The predicted molar refractivity (Wildman–Crippen MR) is 93.0 cm³/mol. The molecule has 0 saturated carbocycles. The van der Waals surface area contributed by atoms with Gasteiger partial charge in [0, 0.05) is 12.1 Å². The molecule has 0 aliphatic carbocycles. The van der Waals surface area contributed by atoms with Gasteiger partial charge in [-0.2, -0.15) is 0 Å². The first kappa shape index (κ1) is 17.7. The van der Waals surface area contributed by atoms with E-state index in [9.17, 15) is 4.79 Å². The van der Waals surface area contributed by atoms with Crippen LogP contribution < -0.4 is 19.5 Å². The Morgan fingerprint density at radius 3 is 2.33 bits per heavy atom. The van der Waals surface area contributed by atoms with Crippen molar-refractivity contribution in [1.29, 1.82) is 0 Å². The molecule has 128 valence electrons. The van der Waals surface area contributed by atoms with Gasteiger partial charge in [0.05, 0.1) is 27.8 Å². The molecule has 0 fully saturated rings. The van der Waals surface area contributed by atoms with Crippen molar-refractivity contribution in [3.63, 3.8) is 0 Å². The largest absolute Gasteiger partial charge is 0.496 e. The Labute approximate surface area is 142 Å². The standard InChI is InChI=1S/C19H23NO4/c1-22-16-7-5-4-6-15(16)13-19(21)20-11-10-14-8-9-17(23-2)18(12-14)24-3/h4-9,12H,10-11,13H2,1-3H3,(H,20,21). The van der Waals surface area contributed by atoms with E-state index in [2.05, 4.69) is 5.32 Å². The fourth-order valence-electron chi connectivity index (χ4n) is 2.47. The minimum absolute atomic E-state index is 0.0278. The summed E-state index contributed by atoms with van der Waals surface area (Å²) in [5, 5.41) is 2.93. The summed E-state index contributed by atoms with van der Waals surface area (Å²) < 4.78 is 15.8. The van der Waals surface area contributed by atoms with Crippen LogP contribution in [0, 0.1) is 0 Å². The van der Waals surface area contributed by atoms with Gasteiger partial charge < -0.3 is 19.5 Å². The van der Waals surface area contributed by atoms with Gasteiger partial charge in [0.25, 0.3) is 0 Å². The first-order chi connectivity index (χ1) is 11.7. The lowest BCUT2D eigenvalue weighted by Crippen LogP contribution is -2.27. The number of hydrogen-bond acceptors (Lipinski definition) is 4. The number of methoxy groups -OCH3 is 3. The molecule has 1 amide bonds. The molecule has 0 aromatic heterocycles. The van der Waals surface area contributed by atoms with E-state index in [4.69, 9.17) is 14.2 Å². The molecule has 0 bridgehead atoms. The molecular weight excluding hydrogens is 306 g/mol. The lowest BCUT2D eigenvalue weighted by atomic mass is 10.1. The van der Waals surface area contributed by atoms with Crippen LogP contribution >= 0.6 is 0 Å². The average Bonchev–Trinajstić information content (AvgIpc) is 2.62. The molecule has 0 atom stereocenters. The molecular formula is C19H23NO4. The van der Waals surface area contributed by atoms with Gasteiger partial charge >= 0.3 is 0 Å². The van der Waals surface area contributed by atoms with Crippen molar-refractivity contribution in [3.8, 4) is 17.2 Å². The highest BCUT2D eigenvalue weighted by Gasteiger charge is 2.08. The first-order valence-electron chi connectivity index (χ1n) is 7.77. The molecule has 5 nitrogen and oxygen atoms in total. The van der Waals surface area contributed by atoms with Gasteiger partial charge in [0.1, 0.15) is 5.75 Å². The van der Waals surface area contributed by atoms with Crippen LogP contribution in [0.2, 0.25) is 0 Å². The zero-order valence-electron chi connectivity index (χ0n) is 14.3. The predicted octanol–water partition coefficient (Wildman–Crippen LogP) is 2.61. The minimum Gasteiger partial charge on any atom is -0.496 e. The number of nitrogens with one attached hydrogen (secondary N) is 1. The maximum absolute atomic E-state index is 12.1. The topological polar surface area (TPSA) is 56.8 Å². The van der Waals surface area contributed by atoms with Crippen LogP contribution in [0.15, 0.2) is 42.5 Å². The zero-order valence-corrected chi connectivity index (χ0v) is 14.3. The van der Waals surface area contributed by atoms with Crippen molar-refractivity contribution < 1.29 is 19.0 Å². The molecule has 0 aliphatic heterocycles. The Bertz CT molecular complexity index is 685. The molecule has 0 radical (unpaired) electrons. The van der Waals surface area contributed by atoms with E-state index in [0.29, 0.717) is 24.5 Å². The average molecular weight is 329 g/mol. The third-order valence-corrected chi connectivity index (χ3v) is 3.73. The van der Waals surface area contributed by atoms with E-state index >= 15 is 0 Å². The molecule has 0 saturated heterocycles. The highest BCUT2D eigenvalue weighted by atomic mass is 16.5. The summed E-state index contributed by atoms with van der Waals surface area (Å²) in [6, 6.07) is 13.3. The van der Waals surface area contributed by atoms with E-state index in [1.807, 2.05) is 42.5 Å². The van der Waals surface area contributed by atoms with Crippen LogP contribution in [0.4, 0.5) is 0 Å². The van der Waals surface area contributed by atoms with Crippen molar-refractivity contribution in [2.75, 3.05) is 27.9 Å². The maximum Gasteiger partial charge on any atom is 0.224 e. The third kappa shape index (κ3) is 4.65. The molecule has 5 heteroatoms. The van der Waals surface area contributed by atoms with Gasteiger partial charge in [-0.25, -0.2) is 0 Å². The molecule has 0 spiro atoms. The maximum atomic E-state index is 12.1. The molecule has 2 aromatic carbocycles. The molecule has 2 rings (SSSR count). The Morgan fingerprint density at radius 1 is 0.917 bits per heavy atom. The number of carbonyl (C=O) groups excluding carboxylic acids is 1. The Hall–Kier alpha value is -2.69. The van der Waals surface area contributed by atoms with E-state index in [1.54, 1.807) is 21.3 Å². The summed E-state index contributed by atoms with van der Waals surface area (Å²) in [6.45, 7) is 0.559. The normalized spacial score (nSPS) is 10.1. The second-order valence-electron chi connectivity index (χ2n) is 5.28. The quantitative estimate of drug-likeness (QED) is 0.809. The van der Waals surface area contributed by atoms with Crippen molar-refractivity contribution in [2.45, 2.75) is 12.8 Å². The number of benzene rings is 2. The summed E-state index contributed by atoms with van der Waals surface area (Å²) >= 11 is 0. The van der Waals surface area contributed by atoms with E-state index in [-0.39, 0.29) is 5.91 Å². The Kier molecular flexibility index (Phi) is 6.49. The smallest absolute Gasteiger partial charge is 0.224 e. The van der Waals surface area contributed by atoms with Gasteiger partial charge in [-0.05, 0) is 30.2 Å². The van der Waals surface area contributed by atoms with Crippen molar-refractivity contribution in [3.05, 3.63) is 53.6 Å². The fourth-order valence-corrected chi connectivity index (χ4v) is 2.47. The summed E-state index contributed by atoms with van der Waals surface area (Å²) in [4.78, 5) is 12.1. The van der Waals surface area contributed by atoms with Gasteiger partial charge in [-0.1, -0.05) is 24.3 Å². The highest BCUT2D eigenvalue weighted by Crippen LogP contribution is 2.27. The number of rotatable bonds is 8. The van der Waals surface area contributed by atoms with E-state index < -0.39 is 0 Å². The van der Waals surface area contributed by atoms with Crippen molar-refractivity contribution in [1.82, 2.24) is 5.32 Å². The number of amides is 1. The third-order valence-electron chi connectivity index (χ3n) is 3.73. The highest BCUT2D eigenvalue weighted by molar-refractivity contribution is 5.79. The van der Waals surface area contributed by atoms with Crippen molar-refractivity contribution in [2.24, 2.45) is 0 Å². The van der Waals surface area contributed by atoms with Gasteiger partial charge in [-0.15, -0.1) is 0 Å². The fraction of sp³-hybridized carbons (Fsp3) is 0.316. The summed E-state index contributed by atoms with van der Waals surface area (Å²) in [5.41, 5.74) is 1.95.